The Bertz CT molecular complexity index is 567. The number of nitrogens with zero attached hydrogens (tertiary/aromatic N) is 1. The third kappa shape index (κ3) is 2.65. The summed E-state index contributed by atoms with van der Waals surface area (Å²) in [4.78, 5) is 0. The molecule has 1 aliphatic carbocycles. The molecule has 1 saturated carbocycles. The van der Waals surface area contributed by atoms with Gasteiger partial charge in [0.1, 0.15) is 4.21 Å². The van der Waals surface area contributed by atoms with Gasteiger partial charge < -0.3 is 0 Å². The molecule has 0 radical (unpaired) electrons. The maximum absolute atomic E-state index is 12.9. The molecule has 112 valence electrons. The maximum atomic E-state index is 12.9. The van der Waals surface area contributed by atoms with Gasteiger partial charge in [0.2, 0.25) is 0 Å². The van der Waals surface area contributed by atoms with E-state index < -0.39 is 10.0 Å². The first-order valence-electron chi connectivity index (χ1n) is 7.28. The van der Waals surface area contributed by atoms with Crippen LogP contribution in [0.1, 0.15) is 44.1 Å². The zero-order valence-electron chi connectivity index (χ0n) is 11.4. The third-order valence-electron chi connectivity index (χ3n) is 4.54. The van der Waals surface area contributed by atoms with E-state index in [-0.39, 0.29) is 6.04 Å². The molecule has 1 aromatic rings. The number of piperidine rings is 1. The van der Waals surface area contributed by atoms with Crippen molar-refractivity contribution in [2.24, 2.45) is 5.92 Å². The van der Waals surface area contributed by atoms with Crippen LogP contribution in [0.3, 0.4) is 0 Å². The summed E-state index contributed by atoms with van der Waals surface area (Å²) < 4.78 is 28.0. The number of fused-ring (bicyclic) bond motifs is 1. The van der Waals surface area contributed by atoms with Gasteiger partial charge in [0.15, 0.2) is 0 Å². The number of hydrogen-bond donors (Lipinski definition) is 0. The molecule has 0 unspecified atom stereocenters. The summed E-state index contributed by atoms with van der Waals surface area (Å²) in [6, 6.07) is 1.96. The van der Waals surface area contributed by atoms with Crippen LogP contribution < -0.4 is 0 Å². The highest BCUT2D eigenvalue weighted by Crippen LogP contribution is 2.38. The quantitative estimate of drug-likeness (QED) is 0.788. The molecule has 1 saturated heterocycles. The lowest BCUT2D eigenvalue weighted by molar-refractivity contribution is 0.129. The molecule has 0 spiro atoms. The minimum absolute atomic E-state index is 0.226. The number of halogens is 1. The van der Waals surface area contributed by atoms with Crippen molar-refractivity contribution in [3.05, 3.63) is 17.0 Å². The summed E-state index contributed by atoms with van der Waals surface area (Å²) >= 11 is 7.09. The van der Waals surface area contributed by atoms with Crippen LogP contribution in [0.5, 0.6) is 0 Å². The van der Waals surface area contributed by atoms with Gasteiger partial charge in [-0.2, -0.15) is 4.31 Å². The monoisotopic (exact) mass is 333 g/mol. The van der Waals surface area contributed by atoms with Crippen molar-refractivity contribution < 1.29 is 8.42 Å². The Morgan fingerprint density at radius 2 is 2.00 bits per heavy atom. The van der Waals surface area contributed by atoms with Crippen molar-refractivity contribution in [1.29, 1.82) is 0 Å². The Balaban J connectivity index is 1.89. The number of alkyl halides is 1. The minimum Gasteiger partial charge on any atom is -0.206 e. The summed E-state index contributed by atoms with van der Waals surface area (Å²) in [6.45, 7) is 0.678. The largest absolute Gasteiger partial charge is 0.252 e. The number of sulfonamides is 1. The predicted octanol–water partition coefficient (Wildman–Crippen LogP) is 3.83. The molecule has 0 amide bonds. The average Bonchev–Trinajstić information content (AvgIpc) is 2.96. The molecule has 2 heterocycles. The summed E-state index contributed by atoms with van der Waals surface area (Å²) in [5, 5.41) is 1.85. The maximum Gasteiger partial charge on any atom is 0.252 e. The van der Waals surface area contributed by atoms with Gasteiger partial charge in [-0.3, -0.25) is 0 Å². The molecule has 3 nitrogen and oxygen atoms in total. The number of thiophene rings is 1. The topological polar surface area (TPSA) is 37.4 Å². The molecule has 2 fully saturated rings. The zero-order chi connectivity index (χ0) is 14.2. The Morgan fingerprint density at radius 3 is 2.75 bits per heavy atom. The highest BCUT2D eigenvalue weighted by molar-refractivity contribution is 7.91. The molecular weight excluding hydrogens is 314 g/mol. The van der Waals surface area contributed by atoms with E-state index in [0.29, 0.717) is 22.6 Å². The fourth-order valence-corrected chi connectivity index (χ4v) is 6.89. The Labute approximate surface area is 130 Å². The van der Waals surface area contributed by atoms with Gasteiger partial charge in [-0.25, -0.2) is 8.42 Å². The zero-order valence-corrected chi connectivity index (χ0v) is 13.8. The Kier molecular flexibility index (Phi) is 4.41. The first-order valence-corrected chi connectivity index (χ1v) is 10.1. The normalized spacial score (nSPS) is 28.2. The lowest BCUT2D eigenvalue weighted by Crippen LogP contribution is -2.49. The molecule has 3 rings (SSSR count). The summed E-state index contributed by atoms with van der Waals surface area (Å²) in [6.07, 6.45) is 6.81. The molecule has 0 aromatic carbocycles. The average molecular weight is 334 g/mol. The summed E-state index contributed by atoms with van der Waals surface area (Å²) in [5.74, 6) is 0.942. The fraction of sp³-hybridized carbons (Fsp3) is 0.714. The van der Waals surface area contributed by atoms with E-state index in [0.717, 1.165) is 24.8 Å². The van der Waals surface area contributed by atoms with E-state index in [1.165, 1.54) is 30.6 Å². The van der Waals surface area contributed by atoms with Gasteiger partial charge in [-0.15, -0.1) is 22.9 Å². The first-order chi connectivity index (χ1) is 9.63. The molecular formula is C14H20ClNO2S2. The van der Waals surface area contributed by atoms with Gasteiger partial charge >= 0.3 is 0 Å². The van der Waals surface area contributed by atoms with Gasteiger partial charge in [0.05, 0.1) is 0 Å². The van der Waals surface area contributed by atoms with Crippen molar-refractivity contribution in [3.8, 4) is 0 Å². The Hall–Kier alpha value is -0.100. The van der Waals surface area contributed by atoms with Crippen LogP contribution in [0.15, 0.2) is 15.7 Å². The Morgan fingerprint density at radius 1 is 1.25 bits per heavy atom. The molecule has 20 heavy (non-hydrogen) atoms. The van der Waals surface area contributed by atoms with E-state index in [1.54, 1.807) is 10.4 Å². The molecule has 6 heteroatoms. The van der Waals surface area contributed by atoms with Crippen LogP contribution in [0.4, 0.5) is 0 Å². The predicted molar refractivity (Wildman–Crippen MR) is 82.7 cm³/mol. The molecule has 2 aliphatic rings. The molecule has 0 bridgehead atoms. The van der Waals surface area contributed by atoms with E-state index in [9.17, 15) is 8.42 Å². The number of rotatable bonds is 3. The molecule has 1 aromatic heterocycles. The second-order valence-electron chi connectivity index (χ2n) is 5.78. The van der Waals surface area contributed by atoms with E-state index in [4.69, 9.17) is 11.6 Å². The molecule has 0 N–H and O–H groups in total. The van der Waals surface area contributed by atoms with Crippen LogP contribution in [0.2, 0.25) is 0 Å². The molecule has 1 aliphatic heterocycles. The van der Waals surface area contributed by atoms with Crippen molar-refractivity contribution in [2.45, 2.75) is 54.7 Å². The van der Waals surface area contributed by atoms with Gasteiger partial charge in [0.25, 0.3) is 10.0 Å². The second kappa shape index (κ2) is 5.95. The standard InChI is InChI=1S/C14H20ClNO2S2/c15-9-11-8-14(19-10-11)20(17,18)16-7-3-5-12-4-1-2-6-13(12)16/h8,10,12-13H,1-7,9H2/t12-,13-/m1/s1. The molecule has 2 atom stereocenters. The second-order valence-corrected chi connectivity index (χ2v) is 9.07. The minimum atomic E-state index is -3.33. The van der Waals surface area contributed by atoms with Gasteiger partial charge in [0, 0.05) is 18.5 Å². The van der Waals surface area contributed by atoms with Crippen LogP contribution >= 0.6 is 22.9 Å². The van der Waals surface area contributed by atoms with E-state index in [1.807, 2.05) is 5.38 Å². The van der Waals surface area contributed by atoms with Crippen molar-refractivity contribution in [2.75, 3.05) is 6.54 Å². The van der Waals surface area contributed by atoms with E-state index >= 15 is 0 Å². The van der Waals surface area contributed by atoms with Gasteiger partial charge in [-0.05, 0) is 48.6 Å². The van der Waals surface area contributed by atoms with Crippen LogP contribution in [-0.2, 0) is 15.9 Å². The third-order valence-corrected chi connectivity index (χ3v) is 8.24. The SMILES string of the molecule is O=S(=O)(c1cc(CCl)cs1)N1CCC[C@H]2CCCC[C@H]21. The smallest absolute Gasteiger partial charge is 0.206 e. The van der Waals surface area contributed by atoms with Crippen molar-refractivity contribution in [1.82, 2.24) is 4.31 Å². The van der Waals surface area contributed by atoms with Crippen molar-refractivity contribution >= 4 is 33.0 Å². The highest BCUT2D eigenvalue weighted by atomic mass is 35.5. The van der Waals surface area contributed by atoms with Crippen LogP contribution in [-0.4, -0.2) is 25.3 Å². The number of hydrogen-bond acceptors (Lipinski definition) is 3. The van der Waals surface area contributed by atoms with Crippen molar-refractivity contribution in [3.63, 3.8) is 0 Å². The first kappa shape index (κ1) is 14.8. The van der Waals surface area contributed by atoms with Crippen LogP contribution in [0, 0.1) is 5.92 Å². The summed E-state index contributed by atoms with van der Waals surface area (Å²) in [5.41, 5.74) is 0.896. The fourth-order valence-electron chi connectivity index (χ4n) is 3.55. The van der Waals surface area contributed by atoms with Gasteiger partial charge in [-0.1, -0.05) is 12.8 Å². The van der Waals surface area contributed by atoms with Crippen LogP contribution in [0.25, 0.3) is 0 Å². The summed E-state index contributed by atoms with van der Waals surface area (Å²) in [7, 11) is -3.33. The van der Waals surface area contributed by atoms with E-state index in [2.05, 4.69) is 0 Å². The lowest BCUT2D eigenvalue weighted by Gasteiger charge is -2.42. The lowest BCUT2D eigenvalue weighted by atomic mass is 9.79. The highest BCUT2D eigenvalue weighted by Gasteiger charge is 2.40.